The molecule has 2 aromatic carbocycles. The van der Waals surface area contributed by atoms with Crippen molar-refractivity contribution in [1.29, 1.82) is 0 Å². The monoisotopic (exact) mass is 390 g/mol. The zero-order chi connectivity index (χ0) is 19.9. The van der Waals surface area contributed by atoms with Gasteiger partial charge in [0.2, 0.25) is 15.9 Å². The van der Waals surface area contributed by atoms with Crippen LogP contribution in [0.2, 0.25) is 0 Å². The normalized spacial score (nSPS) is 11.2. The van der Waals surface area contributed by atoms with Crippen LogP contribution < -0.4 is 5.32 Å². The molecule has 0 unspecified atom stereocenters. The molecule has 0 fully saturated rings. The van der Waals surface area contributed by atoms with E-state index in [-0.39, 0.29) is 24.6 Å². The van der Waals surface area contributed by atoms with E-state index in [1.54, 1.807) is 44.2 Å². The van der Waals surface area contributed by atoms with E-state index >= 15 is 0 Å². The summed E-state index contributed by atoms with van der Waals surface area (Å²) >= 11 is 0. The molecule has 2 aromatic rings. The van der Waals surface area contributed by atoms with Gasteiger partial charge in [0, 0.05) is 12.2 Å². The molecule has 0 aliphatic carbocycles. The quantitative estimate of drug-likeness (QED) is 0.699. The number of anilines is 1. The first kappa shape index (κ1) is 20.6. The predicted molar refractivity (Wildman–Crippen MR) is 102 cm³/mol. The highest BCUT2D eigenvalue weighted by Gasteiger charge is 2.25. The van der Waals surface area contributed by atoms with Gasteiger partial charge in [-0.05, 0) is 43.3 Å². The number of hydrogen-bond donors (Lipinski definition) is 1. The SMILES string of the molecule is CCOC(=O)c1ccc(NC(=O)CN(CC)S(=O)(=O)c2ccccc2)cc1. The molecule has 0 heterocycles. The van der Waals surface area contributed by atoms with E-state index in [2.05, 4.69) is 5.32 Å². The van der Waals surface area contributed by atoms with Crippen molar-refractivity contribution in [2.75, 3.05) is 25.0 Å². The largest absolute Gasteiger partial charge is 0.462 e. The van der Waals surface area contributed by atoms with Crippen molar-refractivity contribution in [2.45, 2.75) is 18.7 Å². The van der Waals surface area contributed by atoms with E-state index in [0.29, 0.717) is 11.3 Å². The van der Waals surface area contributed by atoms with Gasteiger partial charge in [-0.15, -0.1) is 0 Å². The minimum absolute atomic E-state index is 0.137. The first-order valence-electron chi connectivity index (χ1n) is 8.50. The zero-order valence-corrected chi connectivity index (χ0v) is 16.0. The second-order valence-corrected chi connectivity index (χ2v) is 7.53. The van der Waals surface area contributed by atoms with Crippen molar-refractivity contribution in [3.8, 4) is 0 Å². The van der Waals surface area contributed by atoms with Gasteiger partial charge in [0.1, 0.15) is 0 Å². The molecule has 0 radical (unpaired) electrons. The number of nitrogens with one attached hydrogen (secondary N) is 1. The lowest BCUT2D eigenvalue weighted by molar-refractivity contribution is -0.116. The van der Waals surface area contributed by atoms with Crippen LogP contribution in [0.1, 0.15) is 24.2 Å². The summed E-state index contributed by atoms with van der Waals surface area (Å²) in [6.07, 6.45) is 0. The third kappa shape index (κ3) is 5.38. The van der Waals surface area contributed by atoms with Gasteiger partial charge in [0.05, 0.1) is 23.6 Å². The fourth-order valence-corrected chi connectivity index (χ4v) is 3.80. The Bertz CT molecular complexity index is 880. The van der Waals surface area contributed by atoms with Crippen molar-refractivity contribution in [2.24, 2.45) is 0 Å². The molecule has 0 aliphatic rings. The molecule has 0 bridgehead atoms. The molecule has 1 amide bonds. The Labute approximate surface area is 159 Å². The Morgan fingerprint density at radius 2 is 1.63 bits per heavy atom. The first-order valence-corrected chi connectivity index (χ1v) is 9.94. The van der Waals surface area contributed by atoms with Crippen LogP contribution in [-0.2, 0) is 19.6 Å². The summed E-state index contributed by atoms with van der Waals surface area (Å²) in [6, 6.07) is 14.2. The van der Waals surface area contributed by atoms with Gasteiger partial charge in [-0.3, -0.25) is 4.79 Å². The molecule has 27 heavy (non-hydrogen) atoms. The number of rotatable bonds is 8. The van der Waals surface area contributed by atoms with Crippen LogP contribution in [0.3, 0.4) is 0 Å². The molecule has 0 saturated heterocycles. The molecular formula is C19H22N2O5S. The number of esters is 1. The summed E-state index contributed by atoms with van der Waals surface area (Å²) in [7, 11) is -3.75. The van der Waals surface area contributed by atoms with Crippen LogP contribution in [0.25, 0.3) is 0 Å². The van der Waals surface area contributed by atoms with Crippen molar-refractivity contribution >= 4 is 27.6 Å². The minimum atomic E-state index is -3.75. The Balaban J connectivity index is 2.04. The number of likely N-dealkylation sites (N-methyl/N-ethyl adjacent to an activating group) is 1. The summed E-state index contributed by atoms with van der Waals surface area (Å²) in [6.45, 7) is 3.51. The molecule has 0 aromatic heterocycles. The summed E-state index contributed by atoms with van der Waals surface area (Å²) in [5, 5.41) is 2.63. The molecule has 0 atom stereocenters. The van der Waals surface area contributed by atoms with E-state index in [0.717, 1.165) is 4.31 Å². The number of carbonyl (C=O) groups is 2. The highest BCUT2D eigenvalue weighted by Crippen LogP contribution is 2.15. The van der Waals surface area contributed by atoms with E-state index in [4.69, 9.17) is 4.74 Å². The van der Waals surface area contributed by atoms with Crippen molar-refractivity contribution < 1.29 is 22.7 Å². The average Bonchev–Trinajstić information content (AvgIpc) is 2.67. The maximum Gasteiger partial charge on any atom is 0.338 e. The fourth-order valence-electron chi connectivity index (χ4n) is 2.37. The van der Waals surface area contributed by atoms with Crippen LogP contribution in [0.5, 0.6) is 0 Å². The second-order valence-electron chi connectivity index (χ2n) is 5.59. The number of hydrogen-bond acceptors (Lipinski definition) is 5. The van der Waals surface area contributed by atoms with Crippen LogP contribution in [0.4, 0.5) is 5.69 Å². The second kappa shape index (κ2) is 9.29. The van der Waals surface area contributed by atoms with Gasteiger partial charge in [0.15, 0.2) is 0 Å². The first-order chi connectivity index (χ1) is 12.9. The molecule has 0 spiro atoms. The summed E-state index contributed by atoms with van der Waals surface area (Å²) in [5.74, 6) is -0.915. The number of amides is 1. The highest BCUT2D eigenvalue weighted by atomic mass is 32.2. The predicted octanol–water partition coefficient (Wildman–Crippen LogP) is 2.51. The van der Waals surface area contributed by atoms with Crippen molar-refractivity contribution in [3.05, 3.63) is 60.2 Å². The maximum absolute atomic E-state index is 12.6. The Morgan fingerprint density at radius 1 is 1.00 bits per heavy atom. The summed E-state index contributed by atoms with van der Waals surface area (Å²) in [5.41, 5.74) is 0.831. The Kier molecular flexibility index (Phi) is 7.09. The van der Waals surface area contributed by atoms with Crippen LogP contribution in [-0.4, -0.2) is 44.3 Å². The highest BCUT2D eigenvalue weighted by molar-refractivity contribution is 7.89. The molecular weight excluding hydrogens is 368 g/mol. The third-order valence-electron chi connectivity index (χ3n) is 3.73. The van der Waals surface area contributed by atoms with Crippen molar-refractivity contribution in [1.82, 2.24) is 4.31 Å². The van der Waals surface area contributed by atoms with Gasteiger partial charge < -0.3 is 10.1 Å². The Morgan fingerprint density at radius 3 is 2.19 bits per heavy atom. The lowest BCUT2D eigenvalue weighted by Gasteiger charge is -2.20. The van der Waals surface area contributed by atoms with Gasteiger partial charge in [0.25, 0.3) is 0 Å². The topological polar surface area (TPSA) is 92.8 Å². The Hall–Kier alpha value is -2.71. The lowest BCUT2D eigenvalue weighted by atomic mass is 10.2. The molecule has 0 aliphatic heterocycles. The average molecular weight is 390 g/mol. The number of nitrogens with zero attached hydrogens (tertiary/aromatic N) is 1. The summed E-state index contributed by atoms with van der Waals surface area (Å²) < 4.78 is 31.3. The smallest absolute Gasteiger partial charge is 0.338 e. The van der Waals surface area contributed by atoms with Crippen LogP contribution in [0, 0.1) is 0 Å². The van der Waals surface area contributed by atoms with Crippen LogP contribution >= 0.6 is 0 Å². The number of sulfonamides is 1. The van der Waals surface area contributed by atoms with E-state index in [1.807, 2.05) is 0 Å². The molecule has 8 heteroatoms. The van der Waals surface area contributed by atoms with Gasteiger partial charge in [-0.1, -0.05) is 25.1 Å². The zero-order valence-electron chi connectivity index (χ0n) is 15.2. The molecule has 0 saturated carbocycles. The lowest BCUT2D eigenvalue weighted by Crippen LogP contribution is -2.37. The molecule has 1 N–H and O–H groups in total. The third-order valence-corrected chi connectivity index (χ3v) is 5.67. The maximum atomic E-state index is 12.6. The molecule has 7 nitrogen and oxygen atoms in total. The van der Waals surface area contributed by atoms with Gasteiger partial charge >= 0.3 is 5.97 Å². The van der Waals surface area contributed by atoms with E-state index < -0.39 is 21.9 Å². The number of benzene rings is 2. The van der Waals surface area contributed by atoms with Crippen LogP contribution in [0.15, 0.2) is 59.5 Å². The standard InChI is InChI=1S/C19H22N2O5S/c1-3-21(27(24,25)17-8-6-5-7-9-17)14-18(22)20-16-12-10-15(11-13-16)19(23)26-4-2/h5-13H,3-4,14H2,1-2H3,(H,20,22). The molecule has 2 rings (SSSR count). The van der Waals surface area contributed by atoms with Crippen molar-refractivity contribution in [3.63, 3.8) is 0 Å². The summed E-state index contributed by atoms with van der Waals surface area (Å²) in [4.78, 5) is 24.0. The van der Waals surface area contributed by atoms with E-state index in [1.165, 1.54) is 24.3 Å². The number of carbonyl (C=O) groups excluding carboxylic acids is 2. The van der Waals surface area contributed by atoms with Gasteiger partial charge in [-0.2, -0.15) is 4.31 Å². The number of ether oxygens (including phenoxy) is 1. The minimum Gasteiger partial charge on any atom is -0.462 e. The van der Waals surface area contributed by atoms with E-state index in [9.17, 15) is 18.0 Å². The molecule has 144 valence electrons. The fraction of sp³-hybridized carbons (Fsp3) is 0.263. The van der Waals surface area contributed by atoms with Gasteiger partial charge in [-0.25, -0.2) is 13.2 Å².